The second-order valence-corrected chi connectivity index (χ2v) is 5.26. The Kier molecular flexibility index (Phi) is 2.63. The van der Waals surface area contributed by atoms with Gasteiger partial charge in [0.1, 0.15) is 0 Å². The van der Waals surface area contributed by atoms with Gasteiger partial charge in [-0.3, -0.25) is 4.79 Å². The van der Waals surface area contributed by atoms with Crippen LogP contribution < -0.4 is 5.32 Å². The second kappa shape index (κ2) is 3.16. The zero-order valence-electron chi connectivity index (χ0n) is 8.78. The van der Waals surface area contributed by atoms with E-state index in [2.05, 4.69) is 33.0 Å². The Balaban J connectivity index is 2.46. The van der Waals surface area contributed by atoms with Crippen molar-refractivity contribution in [2.24, 2.45) is 10.8 Å². The Morgan fingerprint density at radius 2 is 1.77 bits per heavy atom. The van der Waals surface area contributed by atoms with E-state index in [1.807, 2.05) is 0 Å². The lowest BCUT2D eigenvalue weighted by molar-refractivity contribution is -0.121. The molecular weight excluding hydrogens is 186 g/mol. The maximum Gasteiger partial charge on any atom is 0.221 e. The molecule has 0 spiro atoms. The largest absolute Gasteiger partial charge is 0.352 e. The standard InChI is InChI=1S/C10H18ClNO/c1-9(2)8(10(9,3)4)12-7(13)5-6-11/h8H,5-6H2,1-4H3,(H,12,13). The Labute approximate surface area is 85.0 Å². The van der Waals surface area contributed by atoms with Crippen molar-refractivity contribution in [3.63, 3.8) is 0 Å². The average Bonchev–Trinajstić information content (AvgIpc) is 2.33. The highest BCUT2D eigenvalue weighted by atomic mass is 35.5. The highest BCUT2D eigenvalue weighted by molar-refractivity contribution is 6.18. The maximum atomic E-state index is 11.3. The topological polar surface area (TPSA) is 29.1 Å². The monoisotopic (exact) mass is 203 g/mol. The Morgan fingerprint density at radius 1 is 1.31 bits per heavy atom. The van der Waals surface area contributed by atoms with Gasteiger partial charge in [-0.15, -0.1) is 11.6 Å². The van der Waals surface area contributed by atoms with Crippen molar-refractivity contribution in [3.8, 4) is 0 Å². The number of carbonyl (C=O) groups is 1. The summed E-state index contributed by atoms with van der Waals surface area (Å²) in [5.74, 6) is 0.470. The van der Waals surface area contributed by atoms with E-state index in [1.54, 1.807) is 0 Å². The van der Waals surface area contributed by atoms with Crippen LogP contribution in [0.2, 0.25) is 0 Å². The summed E-state index contributed by atoms with van der Waals surface area (Å²) < 4.78 is 0. The van der Waals surface area contributed by atoms with Gasteiger partial charge in [0.15, 0.2) is 0 Å². The number of hydrogen-bond acceptors (Lipinski definition) is 1. The van der Waals surface area contributed by atoms with Crippen molar-refractivity contribution in [2.75, 3.05) is 5.88 Å². The van der Waals surface area contributed by atoms with Crippen molar-refractivity contribution in [3.05, 3.63) is 0 Å². The molecule has 0 heterocycles. The van der Waals surface area contributed by atoms with Crippen molar-refractivity contribution in [2.45, 2.75) is 40.2 Å². The summed E-state index contributed by atoms with van der Waals surface area (Å²) in [5, 5.41) is 3.01. The molecule has 1 aliphatic rings. The fraction of sp³-hybridized carbons (Fsp3) is 0.900. The molecule has 0 bridgehead atoms. The SMILES string of the molecule is CC1(C)C(NC(=O)CCCl)C1(C)C. The minimum atomic E-state index is 0.0682. The normalized spacial score (nSPS) is 24.1. The minimum Gasteiger partial charge on any atom is -0.352 e. The lowest BCUT2D eigenvalue weighted by Crippen LogP contribution is -2.29. The fourth-order valence-corrected chi connectivity index (χ4v) is 2.05. The van der Waals surface area contributed by atoms with Crippen LogP contribution in [0.1, 0.15) is 34.1 Å². The molecule has 0 saturated heterocycles. The van der Waals surface area contributed by atoms with Crippen LogP contribution in [0, 0.1) is 10.8 Å². The van der Waals surface area contributed by atoms with Crippen molar-refractivity contribution in [1.82, 2.24) is 5.32 Å². The first-order chi connectivity index (χ1) is 5.84. The predicted octanol–water partition coefficient (Wildman–Crippen LogP) is 2.17. The van der Waals surface area contributed by atoms with Crippen molar-refractivity contribution >= 4 is 17.5 Å². The zero-order chi connectivity index (χ0) is 10.3. The van der Waals surface area contributed by atoms with Gasteiger partial charge in [-0.2, -0.15) is 0 Å². The number of alkyl halides is 1. The summed E-state index contributed by atoms with van der Waals surface area (Å²) in [7, 11) is 0. The van der Waals surface area contributed by atoms with E-state index in [4.69, 9.17) is 11.6 Å². The smallest absolute Gasteiger partial charge is 0.221 e. The molecule has 0 unspecified atom stereocenters. The molecule has 2 nitrogen and oxygen atoms in total. The molecule has 1 N–H and O–H groups in total. The van der Waals surface area contributed by atoms with Crippen LogP contribution in [-0.2, 0) is 4.79 Å². The number of halogens is 1. The number of hydrogen-bond donors (Lipinski definition) is 1. The molecule has 13 heavy (non-hydrogen) atoms. The van der Waals surface area contributed by atoms with E-state index < -0.39 is 0 Å². The van der Waals surface area contributed by atoms with E-state index >= 15 is 0 Å². The minimum absolute atomic E-state index is 0.0682. The zero-order valence-corrected chi connectivity index (χ0v) is 9.53. The summed E-state index contributed by atoms with van der Waals surface area (Å²) >= 11 is 5.48. The predicted molar refractivity (Wildman–Crippen MR) is 54.8 cm³/mol. The fourth-order valence-electron chi connectivity index (χ4n) is 1.88. The molecule has 0 atom stereocenters. The van der Waals surface area contributed by atoms with E-state index in [0.717, 1.165) is 0 Å². The van der Waals surface area contributed by atoms with Gasteiger partial charge in [-0.05, 0) is 10.8 Å². The molecule has 76 valence electrons. The molecule has 3 heteroatoms. The Hall–Kier alpha value is -0.240. The first kappa shape index (κ1) is 10.8. The molecule has 0 aromatic heterocycles. The molecule has 1 fully saturated rings. The van der Waals surface area contributed by atoms with Crippen LogP contribution >= 0.6 is 11.6 Å². The molecule has 0 aromatic rings. The highest BCUT2D eigenvalue weighted by Crippen LogP contribution is 2.62. The van der Waals surface area contributed by atoms with E-state index in [-0.39, 0.29) is 16.7 Å². The second-order valence-electron chi connectivity index (χ2n) is 4.88. The van der Waals surface area contributed by atoms with Crippen molar-refractivity contribution in [1.29, 1.82) is 0 Å². The lowest BCUT2D eigenvalue weighted by atomic mass is 10.0. The molecule has 0 aliphatic heterocycles. The maximum absolute atomic E-state index is 11.3. The van der Waals surface area contributed by atoms with Gasteiger partial charge in [0.2, 0.25) is 5.91 Å². The highest BCUT2D eigenvalue weighted by Gasteiger charge is 2.65. The van der Waals surface area contributed by atoms with Gasteiger partial charge in [-0.1, -0.05) is 27.7 Å². The summed E-state index contributed by atoms with van der Waals surface area (Å²) in [5.41, 5.74) is 0.434. The third-order valence-corrected chi connectivity index (χ3v) is 3.84. The van der Waals surface area contributed by atoms with Crippen LogP contribution in [0.15, 0.2) is 0 Å². The molecule has 1 amide bonds. The summed E-state index contributed by atoms with van der Waals surface area (Å²) in [6.07, 6.45) is 0.421. The van der Waals surface area contributed by atoms with Crippen LogP contribution in [0.3, 0.4) is 0 Å². The third-order valence-electron chi connectivity index (χ3n) is 3.65. The molecular formula is C10H18ClNO. The Bertz CT molecular complexity index is 209. The van der Waals surface area contributed by atoms with Crippen molar-refractivity contribution < 1.29 is 4.79 Å². The molecule has 1 aliphatic carbocycles. The first-order valence-electron chi connectivity index (χ1n) is 4.69. The number of nitrogens with one attached hydrogen (secondary N) is 1. The molecule has 0 radical (unpaired) electrons. The van der Waals surface area contributed by atoms with E-state index in [1.165, 1.54) is 0 Å². The summed E-state index contributed by atoms with van der Waals surface area (Å²) in [4.78, 5) is 11.3. The van der Waals surface area contributed by atoms with Crippen LogP contribution in [0.25, 0.3) is 0 Å². The Morgan fingerprint density at radius 3 is 2.08 bits per heavy atom. The summed E-state index contributed by atoms with van der Waals surface area (Å²) in [6, 6.07) is 0.302. The van der Waals surface area contributed by atoms with Gasteiger partial charge in [0, 0.05) is 18.3 Å². The van der Waals surface area contributed by atoms with Crippen LogP contribution in [0.5, 0.6) is 0 Å². The van der Waals surface area contributed by atoms with E-state index in [0.29, 0.717) is 18.3 Å². The molecule has 1 saturated carbocycles. The number of amides is 1. The quantitative estimate of drug-likeness (QED) is 0.700. The third kappa shape index (κ3) is 1.69. The van der Waals surface area contributed by atoms with Crippen LogP contribution in [-0.4, -0.2) is 17.8 Å². The number of carbonyl (C=O) groups excluding carboxylic acids is 1. The van der Waals surface area contributed by atoms with Gasteiger partial charge in [0.25, 0.3) is 0 Å². The first-order valence-corrected chi connectivity index (χ1v) is 5.23. The number of rotatable bonds is 3. The lowest BCUT2D eigenvalue weighted by Gasteiger charge is -2.04. The molecule has 1 rings (SSSR count). The van der Waals surface area contributed by atoms with E-state index in [9.17, 15) is 4.79 Å². The van der Waals surface area contributed by atoms with Gasteiger partial charge in [0.05, 0.1) is 0 Å². The van der Waals surface area contributed by atoms with Gasteiger partial charge >= 0.3 is 0 Å². The van der Waals surface area contributed by atoms with Gasteiger partial charge < -0.3 is 5.32 Å². The van der Waals surface area contributed by atoms with Crippen LogP contribution in [0.4, 0.5) is 0 Å². The van der Waals surface area contributed by atoms with Gasteiger partial charge in [-0.25, -0.2) is 0 Å². The average molecular weight is 204 g/mol. The summed E-state index contributed by atoms with van der Waals surface area (Å²) in [6.45, 7) is 8.72. The molecule has 0 aromatic carbocycles.